The lowest BCUT2D eigenvalue weighted by molar-refractivity contribution is 0.0860. The molecule has 1 rings (SSSR count). The molecule has 0 heterocycles. The van der Waals surface area contributed by atoms with Gasteiger partial charge in [-0.05, 0) is 24.6 Å². The minimum Gasteiger partial charge on any atom is -0.487 e. The Morgan fingerprint density at radius 1 is 1.43 bits per heavy atom. The van der Waals surface area contributed by atoms with Crippen LogP contribution in [0.4, 0.5) is 0 Å². The van der Waals surface area contributed by atoms with Gasteiger partial charge >= 0.3 is 0 Å². The molecule has 0 saturated carbocycles. The number of rotatable bonds is 5. The van der Waals surface area contributed by atoms with E-state index in [1.807, 2.05) is 31.2 Å². The van der Waals surface area contributed by atoms with E-state index in [2.05, 4.69) is 0 Å². The molecular formula is C11H17NO2. The zero-order valence-electron chi connectivity index (χ0n) is 8.69. The van der Waals surface area contributed by atoms with Gasteiger partial charge in [0.25, 0.3) is 0 Å². The smallest absolute Gasteiger partial charge is 0.134 e. The molecule has 0 aliphatic heterocycles. The summed E-state index contributed by atoms with van der Waals surface area (Å²) in [5.41, 5.74) is 6.72. The molecule has 1 aromatic rings. The number of hydrogen-bond acceptors (Lipinski definition) is 3. The van der Waals surface area contributed by atoms with Gasteiger partial charge < -0.3 is 15.2 Å². The Morgan fingerprint density at radius 3 is 2.79 bits per heavy atom. The first-order valence-electron chi connectivity index (χ1n) is 4.68. The maximum Gasteiger partial charge on any atom is 0.134 e. The molecule has 0 aliphatic rings. The molecule has 0 amide bonds. The number of methoxy groups -OCH3 is 1. The van der Waals surface area contributed by atoms with Crippen LogP contribution in [0.5, 0.6) is 5.75 Å². The highest BCUT2D eigenvalue weighted by atomic mass is 16.5. The van der Waals surface area contributed by atoms with Crippen molar-refractivity contribution in [2.45, 2.75) is 13.0 Å². The fourth-order valence-corrected chi connectivity index (χ4v) is 1.22. The molecule has 0 fully saturated rings. The minimum atomic E-state index is -0.0678. The summed E-state index contributed by atoms with van der Waals surface area (Å²) in [5.74, 6) is 0.845. The van der Waals surface area contributed by atoms with E-state index < -0.39 is 0 Å². The molecule has 3 nitrogen and oxygen atoms in total. The number of benzene rings is 1. The van der Waals surface area contributed by atoms with Crippen LogP contribution in [0.1, 0.15) is 5.56 Å². The number of aryl methyl sites for hydroxylation is 1. The molecule has 3 heteroatoms. The third kappa shape index (κ3) is 3.36. The Morgan fingerprint density at radius 2 is 2.21 bits per heavy atom. The van der Waals surface area contributed by atoms with Gasteiger partial charge in [-0.15, -0.1) is 0 Å². The van der Waals surface area contributed by atoms with Crippen molar-refractivity contribution in [3.63, 3.8) is 0 Å². The molecule has 0 spiro atoms. The van der Waals surface area contributed by atoms with E-state index in [1.54, 1.807) is 7.11 Å². The van der Waals surface area contributed by atoms with Crippen LogP contribution < -0.4 is 10.5 Å². The van der Waals surface area contributed by atoms with Crippen molar-refractivity contribution in [1.29, 1.82) is 0 Å². The van der Waals surface area contributed by atoms with E-state index in [-0.39, 0.29) is 6.10 Å². The van der Waals surface area contributed by atoms with Gasteiger partial charge in [0.05, 0.1) is 6.61 Å². The molecular weight excluding hydrogens is 178 g/mol. The Kier molecular flexibility index (Phi) is 4.43. The number of ether oxygens (including phenoxy) is 2. The van der Waals surface area contributed by atoms with Crippen molar-refractivity contribution >= 4 is 0 Å². The first kappa shape index (κ1) is 11.0. The van der Waals surface area contributed by atoms with E-state index in [9.17, 15) is 0 Å². The monoisotopic (exact) mass is 195 g/mol. The first-order valence-corrected chi connectivity index (χ1v) is 4.68. The molecule has 0 bridgehead atoms. The average Bonchev–Trinajstić information content (AvgIpc) is 2.17. The molecule has 14 heavy (non-hydrogen) atoms. The summed E-state index contributed by atoms with van der Waals surface area (Å²) in [6, 6.07) is 7.90. The molecule has 78 valence electrons. The van der Waals surface area contributed by atoms with Crippen molar-refractivity contribution in [3.8, 4) is 5.75 Å². The van der Waals surface area contributed by atoms with Gasteiger partial charge in [0.1, 0.15) is 11.9 Å². The maximum absolute atomic E-state index is 5.63. The van der Waals surface area contributed by atoms with Crippen LogP contribution in [-0.2, 0) is 4.74 Å². The van der Waals surface area contributed by atoms with Crippen LogP contribution in [0.25, 0.3) is 0 Å². The highest BCUT2D eigenvalue weighted by molar-refractivity contribution is 5.27. The van der Waals surface area contributed by atoms with Gasteiger partial charge in [-0.25, -0.2) is 0 Å². The summed E-state index contributed by atoms with van der Waals surface area (Å²) in [6.45, 7) is 3.01. The fraction of sp³-hybridized carbons (Fsp3) is 0.455. The third-order valence-electron chi connectivity index (χ3n) is 1.91. The second-order valence-corrected chi connectivity index (χ2v) is 3.25. The Hall–Kier alpha value is -1.06. The molecule has 1 atom stereocenters. The summed E-state index contributed by atoms with van der Waals surface area (Å²) in [7, 11) is 1.64. The van der Waals surface area contributed by atoms with E-state index in [0.717, 1.165) is 5.75 Å². The topological polar surface area (TPSA) is 44.5 Å². The molecule has 2 N–H and O–H groups in total. The predicted molar refractivity (Wildman–Crippen MR) is 56.5 cm³/mol. The SMILES string of the molecule is COCC(CN)Oc1cccc(C)c1. The molecule has 0 aliphatic carbocycles. The summed E-state index contributed by atoms with van der Waals surface area (Å²) < 4.78 is 10.6. The second-order valence-electron chi connectivity index (χ2n) is 3.25. The fourth-order valence-electron chi connectivity index (χ4n) is 1.22. The zero-order chi connectivity index (χ0) is 10.4. The predicted octanol–water partition coefficient (Wildman–Crippen LogP) is 1.35. The molecule has 0 aromatic heterocycles. The highest BCUT2D eigenvalue weighted by Crippen LogP contribution is 2.13. The quantitative estimate of drug-likeness (QED) is 0.771. The maximum atomic E-state index is 5.63. The van der Waals surface area contributed by atoms with Crippen LogP contribution >= 0.6 is 0 Å². The second kappa shape index (κ2) is 5.62. The Balaban J connectivity index is 2.57. The van der Waals surface area contributed by atoms with Crippen molar-refractivity contribution in [3.05, 3.63) is 29.8 Å². The van der Waals surface area contributed by atoms with E-state index in [1.165, 1.54) is 5.56 Å². The molecule has 1 unspecified atom stereocenters. The summed E-state index contributed by atoms with van der Waals surface area (Å²) in [6.07, 6.45) is -0.0678. The standard InChI is InChI=1S/C11H17NO2/c1-9-4-3-5-10(6-9)14-11(7-12)8-13-2/h3-6,11H,7-8,12H2,1-2H3. The van der Waals surface area contributed by atoms with E-state index >= 15 is 0 Å². The average molecular weight is 195 g/mol. The lowest BCUT2D eigenvalue weighted by atomic mass is 10.2. The van der Waals surface area contributed by atoms with Gasteiger partial charge in [0.2, 0.25) is 0 Å². The van der Waals surface area contributed by atoms with Crippen LogP contribution in [0.3, 0.4) is 0 Å². The van der Waals surface area contributed by atoms with Gasteiger partial charge in [-0.2, -0.15) is 0 Å². The first-order chi connectivity index (χ1) is 6.76. The minimum absolute atomic E-state index is 0.0678. The zero-order valence-corrected chi connectivity index (χ0v) is 8.69. The van der Waals surface area contributed by atoms with E-state index in [0.29, 0.717) is 13.2 Å². The number of nitrogens with two attached hydrogens (primary N) is 1. The summed E-state index contributed by atoms with van der Waals surface area (Å²) in [4.78, 5) is 0. The third-order valence-corrected chi connectivity index (χ3v) is 1.91. The van der Waals surface area contributed by atoms with Gasteiger partial charge in [0.15, 0.2) is 0 Å². The summed E-state index contributed by atoms with van der Waals surface area (Å²) >= 11 is 0. The molecule has 1 aromatic carbocycles. The van der Waals surface area contributed by atoms with Crippen molar-refractivity contribution in [2.75, 3.05) is 20.3 Å². The van der Waals surface area contributed by atoms with Gasteiger partial charge in [-0.3, -0.25) is 0 Å². The normalized spacial score (nSPS) is 12.5. The van der Waals surface area contributed by atoms with Crippen molar-refractivity contribution in [1.82, 2.24) is 0 Å². The van der Waals surface area contributed by atoms with Crippen molar-refractivity contribution < 1.29 is 9.47 Å². The lowest BCUT2D eigenvalue weighted by Crippen LogP contribution is -2.31. The van der Waals surface area contributed by atoms with E-state index in [4.69, 9.17) is 15.2 Å². The van der Waals surface area contributed by atoms with Gasteiger partial charge in [0, 0.05) is 13.7 Å². The Labute approximate surface area is 84.8 Å². The van der Waals surface area contributed by atoms with Crippen LogP contribution in [0, 0.1) is 6.92 Å². The van der Waals surface area contributed by atoms with Crippen LogP contribution in [0.2, 0.25) is 0 Å². The van der Waals surface area contributed by atoms with Crippen LogP contribution in [0.15, 0.2) is 24.3 Å². The van der Waals surface area contributed by atoms with Gasteiger partial charge in [-0.1, -0.05) is 12.1 Å². The van der Waals surface area contributed by atoms with Crippen LogP contribution in [-0.4, -0.2) is 26.4 Å². The van der Waals surface area contributed by atoms with Crippen molar-refractivity contribution in [2.24, 2.45) is 5.73 Å². The summed E-state index contributed by atoms with van der Waals surface area (Å²) in [5, 5.41) is 0. The Bertz CT molecular complexity index is 276. The molecule has 0 saturated heterocycles. The lowest BCUT2D eigenvalue weighted by Gasteiger charge is -2.16. The number of hydrogen-bond donors (Lipinski definition) is 1. The largest absolute Gasteiger partial charge is 0.487 e. The molecule has 0 radical (unpaired) electrons. The highest BCUT2D eigenvalue weighted by Gasteiger charge is 2.07.